The van der Waals surface area contributed by atoms with E-state index in [0.29, 0.717) is 19.0 Å². The van der Waals surface area contributed by atoms with E-state index in [4.69, 9.17) is 15.0 Å². The van der Waals surface area contributed by atoms with Crippen molar-refractivity contribution < 1.29 is 24.6 Å². The predicted octanol–water partition coefficient (Wildman–Crippen LogP) is 6.93. The van der Waals surface area contributed by atoms with Crippen LogP contribution < -0.4 is 5.32 Å². The summed E-state index contributed by atoms with van der Waals surface area (Å²) < 4.78 is 0. The Labute approximate surface area is 234 Å². The normalized spacial score (nSPS) is 17.1. The van der Waals surface area contributed by atoms with Crippen molar-refractivity contribution in [2.75, 3.05) is 5.32 Å². The second kappa shape index (κ2) is 12.4. The van der Waals surface area contributed by atoms with Gasteiger partial charge in [0.2, 0.25) is 5.91 Å². The van der Waals surface area contributed by atoms with Crippen LogP contribution in [0.1, 0.15) is 77.1 Å². The van der Waals surface area contributed by atoms with Gasteiger partial charge in [-0.25, -0.2) is 4.79 Å². The Balaban J connectivity index is 0.000000758. The van der Waals surface area contributed by atoms with Gasteiger partial charge in [-0.1, -0.05) is 67.4 Å². The van der Waals surface area contributed by atoms with Gasteiger partial charge in [-0.3, -0.25) is 9.59 Å². The quantitative estimate of drug-likeness (QED) is 0.287. The Morgan fingerprint density at radius 2 is 1.57 bits per heavy atom. The van der Waals surface area contributed by atoms with E-state index in [1.54, 1.807) is 0 Å². The van der Waals surface area contributed by atoms with Gasteiger partial charge >= 0.3 is 6.16 Å². The predicted molar refractivity (Wildman–Crippen MR) is 153 cm³/mol. The lowest BCUT2D eigenvalue weighted by Gasteiger charge is -2.24. The maximum absolute atomic E-state index is 13.6. The number of rotatable bonds is 8. The second-order valence-electron chi connectivity index (χ2n) is 11.2. The number of nitrogens with one attached hydrogen (secondary N) is 1. The molecule has 1 aliphatic heterocycles. The maximum atomic E-state index is 13.6. The van der Waals surface area contributed by atoms with Gasteiger partial charge in [0.05, 0.1) is 5.92 Å². The summed E-state index contributed by atoms with van der Waals surface area (Å²) in [6.07, 6.45) is 6.53. The molecule has 3 N–H and O–H groups in total. The van der Waals surface area contributed by atoms with Crippen LogP contribution in [0.4, 0.5) is 10.5 Å². The molecular formula is C33H36N2O5. The summed E-state index contributed by atoms with van der Waals surface area (Å²) in [5.41, 5.74) is 6.30. The third-order valence-corrected chi connectivity index (χ3v) is 8.18. The van der Waals surface area contributed by atoms with E-state index in [0.717, 1.165) is 53.1 Å². The summed E-state index contributed by atoms with van der Waals surface area (Å²) in [6.45, 7) is 1.24. The molecule has 7 nitrogen and oxygen atoms in total. The molecule has 2 amide bonds. The van der Waals surface area contributed by atoms with Gasteiger partial charge in [-0.2, -0.15) is 0 Å². The Morgan fingerprint density at radius 1 is 0.875 bits per heavy atom. The van der Waals surface area contributed by atoms with E-state index in [1.807, 2.05) is 35.2 Å². The van der Waals surface area contributed by atoms with Crippen molar-refractivity contribution in [2.45, 2.75) is 64.0 Å². The van der Waals surface area contributed by atoms with Crippen LogP contribution in [-0.4, -0.2) is 33.1 Å². The van der Waals surface area contributed by atoms with Crippen molar-refractivity contribution in [3.8, 4) is 0 Å². The van der Waals surface area contributed by atoms with Crippen molar-refractivity contribution in [3.63, 3.8) is 0 Å². The lowest BCUT2D eigenvalue weighted by molar-refractivity contribution is -0.118. The van der Waals surface area contributed by atoms with Crippen LogP contribution in [0.25, 0.3) is 0 Å². The van der Waals surface area contributed by atoms with Crippen molar-refractivity contribution in [2.24, 2.45) is 11.8 Å². The molecule has 40 heavy (non-hydrogen) atoms. The van der Waals surface area contributed by atoms with Crippen molar-refractivity contribution >= 4 is 23.7 Å². The number of carbonyl (C=O) groups excluding carboxylic acids is 2. The summed E-state index contributed by atoms with van der Waals surface area (Å²) in [7, 11) is 0. The lowest BCUT2D eigenvalue weighted by Crippen LogP contribution is -2.27. The smallest absolute Gasteiger partial charge is 0.450 e. The van der Waals surface area contributed by atoms with Gasteiger partial charge in [0, 0.05) is 24.3 Å². The molecule has 2 aliphatic carbocycles. The highest BCUT2D eigenvalue weighted by Gasteiger charge is 2.32. The van der Waals surface area contributed by atoms with Crippen LogP contribution >= 0.6 is 0 Å². The molecule has 3 aliphatic rings. The fourth-order valence-corrected chi connectivity index (χ4v) is 6.07. The van der Waals surface area contributed by atoms with Gasteiger partial charge in [0.15, 0.2) is 0 Å². The SMILES string of the molecule is O=C(Nc1cccc(CC2CC2)c1)C(c1ccc(CN2Cc3ccccc3C2=O)cc1)C1CCCC1.O=C(O)O. The maximum Gasteiger partial charge on any atom is 0.503 e. The Bertz CT molecular complexity index is 1360. The molecule has 3 aromatic rings. The highest BCUT2D eigenvalue weighted by Crippen LogP contribution is 2.39. The molecule has 0 aromatic heterocycles. The summed E-state index contributed by atoms with van der Waals surface area (Å²) in [5.74, 6) is 1.25. The number of hydrogen-bond acceptors (Lipinski definition) is 3. The van der Waals surface area contributed by atoms with Gasteiger partial charge < -0.3 is 20.4 Å². The minimum atomic E-state index is -1.83. The number of fused-ring (bicyclic) bond motifs is 1. The Hall–Kier alpha value is -4.13. The number of anilines is 1. The minimum absolute atomic E-state index is 0.0989. The van der Waals surface area contributed by atoms with E-state index in [-0.39, 0.29) is 17.7 Å². The zero-order valence-electron chi connectivity index (χ0n) is 22.6. The number of benzene rings is 3. The molecule has 208 valence electrons. The first kappa shape index (κ1) is 27.4. The molecule has 0 radical (unpaired) electrons. The molecule has 3 aromatic carbocycles. The van der Waals surface area contributed by atoms with Crippen LogP contribution in [0.2, 0.25) is 0 Å². The molecule has 1 unspecified atom stereocenters. The molecule has 0 bridgehead atoms. The van der Waals surface area contributed by atoms with E-state index in [1.165, 1.54) is 31.2 Å². The van der Waals surface area contributed by atoms with E-state index in [9.17, 15) is 9.59 Å². The molecule has 0 spiro atoms. The third kappa shape index (κ3) is 6.89. The van der Waals surface area contributed by atoms with Crippen molar-refractivity contribution in [1.82, 2.24) is 4.90 Å². The van der Waals surface area contributed by atoms with E-state index >= 15 is 0 Å². The Morgan fingerprint density at radius 3 is 2.25 bits per heavy atom. The largest absolute Gasteiger partial charge is 0.503 e. The Kier molecular flexibility index (Phi) is 8.48. The highest BCUT2D eigenvalue weighted by atomic mass is 16.6. The van der Waals surface area contributed by atoms with Crippen LogP contribution in [0.3, 0.4) is 0 Å². The fraction of sp³-hybridized carbons (Fsp3) is 0.364. The van der Waals surface area contributed by atoms with E-state index < -0.39 is 6.16 Å². The monoisotopic (exact) mass is 540 g/mol. The standard InChI is InChI=1S/C32H34N2O2.CH2O3/c35-31(33-28-10-5-6-24(19-28)18-22-12-13-22)30(25-7-1-2-8-25)26-16-14-23(15-17-26)20-34-21-27-9-3-4-11-29(27)32(34)36;2-1(3)4/h3-6,9-11,14-17,19,22,25,30H,1-2,7-8,12-13,18,20-21H2,(H,33,35);(H2,2,3,4). The van der Waals surface area contributed by atoms with Gasteiger partial charge in [0.1, 0.15) is 0 Å². The zero-order chi connectivity index (χ0) is 28.1. The number of hydrogen-bond donors (Lipinski definition) is 3. The number of carboxylic acid groups (broad SMARTS) is 2. The lowest BCUT2D eigenvalue weighted by atomic mass is 9.83. The second-order valence-corrected chi connectivity index (χ2v) is 11.2. The number of nitrogens with zero attached hydrogens (tertiary/aromatic N) is 1. The third-order valence-electron chi connectivity index (χ3n) is 8.18. The molecule has 0 saturated heterocycles. The highest BCUT2D eigenvalue weighted by molar-refractivity contribution is 5.98. The van der Waals surface area contributed by atoms with Crippen LogP contribution in [0.15, 0.2) is 72.8 Å². The number of carbonyl (C=O) groups is 3. The van der Waals surface area contributed by atoms with Crippen LogP contribution in [0, 0.1) is 11.8 Å². The zero-order valence-corrected chi connectivity index (χ0v) is 22.6. The molecule has 6 rings (SSSR count). The van der Waals surface area contributed by atoms with Crippen LogP contribution in [-0.2, 0) is 24.3 Å². The summed E-state index contributed by atoms with van der Waals surface area (Å²) in [5, 5.41) is 17.2. The summed E-state index contributed by atoms with van der Waals surface area (Å²) in [4.78, 5) is 36.8. The minimum Gasteiger partial charge on any atom is -0.450 e. The molecule has 2 fully saturated rings. The number of amides is 2. The molecule has 2 saturated carbocycles. The average molecular weight is 541 g/mol. The van der Waals surface area contributed by atoms with Gasteiger partial charge in [-0.15, -0.1) is 0 Å². The summed E-state index contributed by atoms with van der Waals surface area (Å²) in [6, 6.07) is 24.6. The first-order chi connectivity index (χ1) is 19.4. The first-order valence-corrected chi connectivity index (χ1v) is 14.1. The van der Waals surface area contributed by atoms with Crippen molar-refractivity contribution in [3.05, 3.63) is 101 Å². The topological polar surface area (TPSA) is 107 Å². The fourth-order valence-electron chi connectivity index (χ4n) is 6.07. The van der Waals surface area contributed by atoms with E-state index in [2.05, 4.69) is 47.8 Å². The molecule has 7 heteroatoms. The molecule has 1 heterocycles. The van der Waals surface area contributed by atoms with Crippen molar-refractivity contribution in [1.29, 1.82) is 0 Å². The molecular weight excluding hydrogens is 504 g/mol. The first-order valence-electron chi connectivity index (χ1n) is 14.1. The molecule has 1 atom stereocenters. The van der Waals surface area contributed by atoms with Gasteiger partial charge in [-0.05, 0) is 84.4 Å². The average Bonchev–Trinajstić information content (AvgIpc) is 3.47. The van der Waals surface area contributed by atoms with Gasteiger partial charge in [0.25, 0.3) is 5.91 Å². The van der Waals surface area contributed by atoms with Crippen LogP contribution in [0.5, 0.6) is 0 Å². The summed E-state index contributed by atoms with van der Waals surface area (Å²) >= 11 is 0.